The van der Waals surface area contributed by atoms with Crippen LogP contribution in [0.15, 0.2) is 64.2 Å². The standard InChI is InChI=1S/C21H22N4O2/c1-14-8-10-17(11-9-14)25-19-18(20(26)23-21(25)27)12-24(13-22-19)15(2)16-6-4-3-5-7-16/h3-11,15,22H,12-13H2,1-2H3,(H,23,26,27)/t15-/m1/s1. The topological polar surface area (TPSA) is 70.1 Å². The van der Waals surface area contributed by atoms with E-state index in [0.29, 0.717) is 24.6 Å². The Morgan fingerprint density at radius 3 is 2.41 bits per heavy atom. The maximum absolute atomic E-state index is 12.5. The van der Waals surface area contributed by atoms with E-state index >= 15 is 0 Å². The molecule has 2 N–H and O–H groups in total. The number of fused-ring (bicyclic) bond motifs is 1. The van der Waals surface area contributed by atoms with Crippen LogP contribution in [0.5, 0.6) is 0 Å². The van der Waals surface area contributed by atoms with E-state index < -0.39 is 5.69 Å². The summed E-state index contributed by atoms with van der Waals surface area (Å²) in [6, 6.07) is 18.0. The summed E-state index contributed by atoms with van der Waals surface area (Å²) in [6.45, 7) is 5.14. The third-order valence-electron chi connectivity index (χ3n) is 5.14. The van der Waals surface area contributed by atoms with Gasteiger partial charge in [-0.3, -0.25) is 14.7 Å². The van der Waals surface area contributed by atoms with Gasteiger partial charge in [-0.1, -0.05) is 48.0 Å². The van der Waals surface area contributed by atoms with Gasteiger partial charge in [0.25, 0.3) is 5.56 Å². The fourth-order valence-electron chi connectivity index (χ4n) is 3.50. The highest BCUT2D eigenvalue weighted by Crippen LogP contribution is 2.27. The summed E-state index contributed by atoms with van der Waals surface area (Å²) >= 11 is 0. The number of nitrogens with zero attached hydrogens (tertiary/aromatic N) is 2. The number of aromatic nitrogens is 2. The molecule has 0 saturated carbocycles. The van der Waals surface area contributed by atoms with Crippen molar-refractivity contribution in [3.05, 3.63) is 92.1 Å². The molecule has 0 amide bonds. The maximum Gasteiger partial charge on any atom is 0.334 e. The molecule has 0 radical (unpaired) electrons. The first kappa shape index (κ1) is 17.3. The lowest BCUT2D eigenvalue weighted by Gasteiger charge is -2.35. The van der Waals surface area contributed by atoms with Gasteiger partial charge >= 0.3 is 5.69 Å². The van der Waals surface area contributed by atoms with Gasteiger partial charge in [0.1, 0.15) is 5.82 Å². The number of hydrogen-bond acceptors (Lipinski definition) is 4. The molecule has 6 heteroatoms. The summed E-state index contributed by atoms with van der Waals surface area (Å²) in [6.07, 6.45) is 0. The lowest BCUT2D eigenvalue weighted by atomic mass is 10.1. The van der Waals surface area contributed by atoms with E-state index in [2.05, 4.69) is 34.3 Å². The number of hydrogen-bond donors (Lipinski definition) is 2. The largest absolute Gasteiger partial charge is 0.358 e. The van der Waals surface area contributed by atoms with Crippen molar-refractivity contribution in [2.45, 2.75) is 26.4 Å². The van der Waals surface area contributed by atoms with Crippen LogP contribution in [0.2, 0.25) is 0 Å². The first-order valence-corrected chi connectivity index (χ1v) is 9.02. The molecular weight excluding hydrogens is 340 g/mol. The molecular formula is C21H22N4O2. The van der Waals surface area contributed by atoms with E-state index in [-0.39, 0.29) is 11.6 Å². The van der Waals surface area contributed by atoms with Crippen LogP contribution >= 0.6 is 0 Å². The molecule has 0 bridgehead atoms. The highest BCUT2D eigenvalue weighted by molar-refractivity contribution is 5.52. The maximum atomic E-state index is 12.5. The predicted molar refractivity (Wildman–Crippen MR) is 106 cm³/mol. The first-order valence-electron chi connectivity index (χ1n) is 9.02. The number of rotatable bonds is 3. The highest BCUT2D eigenvalue weighted by atomic mass is 16.2. The molecule has 1 aliphatic rings. The van der Waals surface area contributed by atoms with Crippen molar-refractivity contribution < 1.29 is 0 Å². The molecule has 2 heterocycles. The van der Waals surface area contributed by atoms with Crippen molar-refractivity contribution >= 4 is 5.82 Å². The summed E-state index contributed by atoms with van der Waals surface area (Å²) in [5, 5.41) is 3.30. The number of benzene rings is 2. The van der Waals surface area contributed by atoms with Gasteiger partial charge in [0.15, 0.2) is 0 Å². The Labute approximate surface area is 157 Å². The Hall–Kier alpha value is -3.12. The first-order chi connectivity index (χ1) is 13.0. The number of aromatic amines is 1. The summed E-state index contributed by atoms with van der Waals surface area (Å²) in [4.78, 5) is 29.6. The van der Waals surface area contributed by atoms with Crippen LogP contribution in [-0.2, 0) is 6.54 Å². The third-order valence-corrected chi connectivity index (χ3v) is 5.14. The van der Waals surface area contributed by atoms with Crippen molar-refractivity contribution in [2.75, 3.05) is 12.0 Å². The van der Waals surface area contributed by atoms with E-state index in [1.807, 2.05) is 49.4 Å². The SMILES string of the molecule is Cc1ccc(-n2c3c(c(=O)[nH]c2=O)CN([C@H](C)c2ccccc2)CN3)cc1. The quantitative estimate of drug-likeness (QED) is 0.752. The van der Waals surface area contributed by atoms with E-state index in [1.165, 1.54) is 5.56 Å². The zero-order valence-electron chi connectivity index (χ0n) is 15.4. The summed E-state index contributed by atoms with van der Waals surface area (Å²) in [5.74, 6) is 0.573. The fraction of sp³-hybridized carbons (Fsp3) is 0.238. The second-order valence-corrected chi connectivity index (χ2v) is 6.93. The highest BCUT2D eigenvalue weighted by Gasteiger charge is 2.26. The van der Waals surface area contributed by atoms with Gasteiger partial charge in [0.05, 0.1) is 17.9 Å². The molecule has 0 unspecified atom stereocenters. The Balaban J connectivity index is 1.74. The molecule has 6 nitrogen and oxygen atoms in total. The van der Waals surface area contributed by atoms with Crippen molar-refractivity contribution in [3.8, 4) is 5.69 Å². The second kappa shape index (κ2) is 6.89. The molecule has 27 heavy (non-hydrogen) atoms. The zero-order valence-corrected chi connectivity index (χ0v) is 15.4. The van der Waals surface area contributed by atoms with Gasteiger partial charge in [-0.25, -0.2) is 9.36 Å². The van der Waals surface area contributed by atoms with Crippen LogP contribution in [0.1, 0.15) is 29.7 Å². The number of nitrogens with one attached hydrogen (secondary N) is 2. The van der Waals surface area contributed by atoms with E-state index in [1.54, 1.807) is 4.57 Å². The van der Waals surface area contributed by atoms with E-state index in [9.17, 15) is 9.59 Å². The minimum Gasteiger partial charge on any atom is -0.358 e. The smallest absolute Gasteiger partial charge is 0.334 e. The van der Waals surface area contributed by atoms with E-state index in [4.69, 9.17) is 0 Å². The lowest BCUT2D eigenvalue weighted by molar-refractivity contribution is 0.207. The van der Waals surface area contributed by atoms with Crippen LogP contribution in [0.3, 0.4) is 0 Å². The summed E-state index contributed by atoms with van der Waals surface area (Å²) < 4.78 is 1.54. The molecule has 1 aromatic heterocycles. The predicted octanol–water partition coefficient (Wildman–Crippen LogP) is 2.78. The zero-order chi connectivity index (χ0) is 19.0. The molecule has 2 aromatic carbocycles. The number of H-pyrrole nitrogens is 1. The van der Waals surface area contributed by atoms with Crippen molar-refractivity contribution in [3.63, 3.8) is 0 Å². The molecule has 0 spiro atoms. The average Bonchev–Trinajstić information content (AvgIpc) is 2.69. The van der Waals surface area contributed by atoms with Crippen molar-refractivity contribution in [2.24, 2.45) is 0 Å². The number of anilines is 1. The van der Waals surface area contributed by atoms with Gasteiger partial charge in [-0.05, 0) is 31.5 Å². The number of aryl methyl sites for hydroxylation is 1. The Kier molecular flexibility index (Phi) is 4.41. The van der Waals surface area contributed by atoms with Gasteiger partial charge in [-0.15, -0.1) is 0 Å². The normalized spacial score (nSPS) is 15.0. The summed E-state index contributed by atoms with van der Waals surface area (Å²) in [7, 11) is 0. The Bertz CT molecular complexity index is 1070. The molecule has 138 valence electrons. The monoisotopic (exact) mass is 362 g/mol. The average molecular weight is 362 g/mol. The van der Waals surface area contributed by atoms with Gasteiger partial charge in [-0.2, -0.15) is 0 Å². The van der Waals surface area contributed by atoms with Crippen LogP contribution in [0.25, 0.3) is 5.69 Å². The fourth-order valence-corrected chi connectivity index (χ4v) is 3.50. The lowest BCUT2D eigenvalue weighted by Crippen LogP contribution is -2.43. The minimum atomic E-state index is -0.431. The summed E-state index contributed by atoms with van der Waals surface area (Å²) in [5.41, 5.74) is 2.83. The van der Waals surface area contributed by atoms with Crippen LogP contribution < -0.4 is 16.6 Å². The van der Waals surface area contributed by atoms with Crippen LogP contribution in [-0.4, -0.2) is 21.1 Å². The molecule has 1 atom stereocenters. The third kappa shape index (κ3) is 3.19. The van der Waals surface area contributed by atoms with Crippen LogP contribution in [0, 0.1) is 6.92 Å². The minimum absolute atomic E-state index is 0.144. The van der Waals surface area contributed by atoms with Gasteiger partial charge < -0.3 is 5.32 Å². The molecule has 1 aliphatic heterocycles. The molecule has 0 fully saturated rings. The second-order valence-electron chi connectivity index (χ2n) is 6.93. The van der Waals surface area contributed by atoms with Gasteiger partial charge in [0, 0.05) is 12.6 Å². The molecule has 4 rings (SSSR count). The molecule has 0 saturated heterocycles. The van der Waals surface area contributed by atoms with Gasteiger partial charge in [0.2, 0.25) is 0 Å². The molecule has 0 aliphatic carbocycles. The van der Waals surface area contributed by atoms with E-state index in [0.717, 1.165) is 11.3 Å². The van der Waals surface area contributed by atoms with Crippen molar-refractivity contribution in [1.29, 1.82) is 0 Å². The Morgan fingerprint density at radius 1 is 1.00 bits per heavy atom. The molecule has 3 aromatic rings. The van der Waals surface area contributed by atoms with Crippen LogP contribution in [0.4, 0.5) is 5.82 Å². The Morgan fingerprint density at radius 2 is 1.70 bits per heavy atom. The van der Waals surface area contributed by atoms with Crippen molar-refractivity contribution in [1.82, 2.24) is 14.5 Å².